The zero-order valence-corrected chi connectivity index (χ0v) is 23.0. The van der Waals surface area contributed by atoms with Crippen molar-refractivity contribution < 1.29 is 19.0 Å². The largest absolute Gasteiger partial charge is 0.492 e. The molecule has 1 amide bonds. The number of hydrogen-bond acceptors (Lipinski definition) is 5. The quantitative estimate of drug-likeness (QED) is 0.150. The van der Waals surface area contributed by atoms with Crippen molar-refractivity contribution in [2.75, 3.05) is 25.1 Å². The first-order valence-electron chi connectivity index (χ1n) is 12.1. The molecule has 194 valence electrons. The highest BCUT2D eigenvalue weighted by atomic mass is 79.9. The molecular weight excluding hydrogens is 564 g/mol. The van der Waals surface area contributed by atoms with Gasteiger partial charge in [0.05, 0.1) is 12.2 Å². The smallest absolute Gasteiger partial charge is 0.261 e. The molecular formula is C30H27BrN2O4S. The third-order valence-electron chi connectivity index (χ3n) is 5.36. The SMILES string of the molecule is O=C(NC(=S)Nc1cccc(OCCOc2ccccc2)c1)c1cc(Br)ccc1OCCc1ccccc1. The van der Waals surface area contributed by atoms with Crippen LogP contribution in [0.1, 0.15) is 15.9 Å². The summed E-state index contributed by atoms with van der Waals surface area (Å²) in [7, 11) is 0. The van der Waals surface area contributed by atoms with E-state index in [1.807, 2.05) is 84.9 Å². The van der Waals surface area contributed by atoms with E-state index in [1.54, 1.807) is 18.2 Å². The maximum Gasteiger partial charge on any atom is 0.261 e. The second kappa shape index (κ2) is 14.2. The van der Waals surface area contributed by atoms with Gasteiger partial charge in [-0.2, -0.15) is 0 Å². The summed E-state index contributed by atoms with van der Waals surface area (Å²) >= 11 is 8.82. The molecule has 2 N–H and O–H groups in total. The fourth-order valence-electron chi connectivity index (χ4n) is 3.56. The highest BCUT2D eigenvalue weighted by Crippen LogP contribution is 2.24. The Morgan fingerprint density at radius 2 is 1.42 bits per heavy atom. The van der Waals surface area contributed by atoms with Crippen molar-refractivity contribution >= 4 is 44.9 Å². The maximum atomic E-state index is 13.0. The van der Waals surface area contributed by atoms with Gasteiger partial charge in [0.1, 0.15) is 30.5 Å². The third-order valence-corrected chi connectivity index (χ3v) is 6.06. The molecule has 0 atom stereocenters. The number of carbonyl (C=O) groups is 1. The number of nitrogens with one attached hydrogen (secondary N) is 2. The molecule has 8 heteroatoms. The van der Waals surface area contributed by atoms with E-state index in [-0.39, 0.29) is 11.0 Å². The van der Waals surface area contributed by atoms with E-state index in [1.165, 1.54) is 0 Å². The summed E-state index contributed by atoms with van der Waals surface area (Å²) in [6, 6.07) is 32.2. The van der Waals surface area contributed by atoms with Crippen molar-refractivity contribution in [2.45, 2.75) is 6.42 Å². The van der Waals surface area contributed by atoms with Crippen molar-refractivity contribution in [2.24, 2.45) is 0 Å². The molecule has 0 bridgehead atoms. The van der Waals surface area contributed by atoms with Crippen molar-refractivity contribution in [3.8, 4) is 17.2 Å². The Hall–Kier alpha value is -3.88. The first-order valence-corrected chi connectivity index (χ1v) is 13.3. The Morgan fingerprint density at radius 3 is 2.18 bits per heavy atom. The number of para-hydroxylation sites is 1. The van der Waals surface area contributed by atoms with Crippen molar-refractivity contribution in [1.29, 1.82) is 0 Å². The minimum absolute atomic E-state index is 0.162. The van der Waals surface area contributed by atoms with Gasteiger partial charge < -0.3 is 19.5 Å². The number of anilines is 1. The summed E-state index contributed by atoms with van der Waals surface area (Å²) in [5.74, 6) is 1.56. The van der Waals surface area contributed by atoms with Crippen LogP contribution in [0.5, 0.6) is 17.2 Å². The van der Waals surface area contributed by atoms with Gasteiger partial charge in [-0.25, -0.2) is 0 Å². The van der Waals surface area contributed by atoms with Gasteiger partial charge in [0.15, 0.2) is 5.11 Å². The van der Waals surface area contributed by atoms with Crippen LogP contribution in [0.15, 0.2) is 108 Å². The lowest BCUT2D eigenvalue weighted by molar-refractivity contribution is 0.0973. The van der Waals surface area contributed by atoms with Crippen LogP contribution >= 0.6 is 28.1 Å². The Bertz CT molecular complexity index is 1350. The molecule has 0 aliphatic rings. The minimum Gasteiger partial charge on any atom is -0.492 e. The molecule has 0 radical (unpaired) electrons. The number of rotatable bonds is 11. The molecule has 38 heavy (non-hydrogen) atoms. The van der Waals surface area contributed by atoms with E-state index in [4.69, 9.17) is 26.4 Å². The fourth-order valence-corrected chi connectivity index (χ4v) is 4.13. The molecule has 0 aliphatic carbocycles. The molecule has 0 saturated carbocycles. The normalized spacial score (nSPS) is 10.3. The summed E-state index contributed by atoms with van der Waals surface area (Å²) in [5, 5.41) is 5.93. The topological polar surface area (TPSA) is 68.8 Å². The molecule has 4 rings (SSSR count). The van der Waals surface area contributed by atoms with E-state index in [0.29, 0.717) is 42.6 Å². The minimum atomic E-state index is -0.371. The number of thiocarbonyl (C=S) groups is 1. The fraction of sp³-hybridized carbons (Fsp3) is 0.133. The van der Waals surface area contributed by atoms with Gasteiger partial charge in [0, 0.05) is 22.6 Å². The van der Waals surface area contributed by atoms with Crippen LogP contribution in [0.25, 0.3) is 0 Å². The lowest BCUT2D eigenvalue weighted by Crippen LogP contribution is -2.34. The van der Waals surface area contributed by atoms with Crippen molar-refractivity contribution in [3.63, 3.8) is 0 Å². The Balaban J connectivity index is 1.28. The molecule has 0 spiro atoms. The average molecular weight is 592 g/mol. The van der Waals surface area contributed by atoms with Gasteiger partial charge in [-0.3, -0.25) is 10.1 Å². The van der Waals surface area contributed by atoms with Gasteiger partial charge >= 0.3 is 0 Å². The predicted octanol–water partition coefficient (Wildman–Crippen LogP) is 6.66. The van der Waals surface area contributed by atoms with E-state index >= 15 is 0 Å². The number of halogens is 1. The lowest BCUT2D eigenvalue weighted by atomic mass is 10.1. The number of ether oxygens (including phenoxy) is 3. The van der Waals surface area contributed by atoms with Crippen LogP contribution in [0.2, 0.25) is 0 Å². The van der Waals surface area contributed by atoms with Crippen LogP contribution in [0.3, 0.4) is 0 Å². The average Bonchev–Trinajstić information content (AvgIpc) is 2.93. The standard InChI is InChI=1S/C30H27BrN2O4S/c31-23-14-15-28(37-17-16-22-8-3-1-4-9-22)27(20-23)29(34)33-30(38)32-24-10-7-13-26(21-24)36-19-18-35-25-11-5-2-6-12-25/h1-15,20-21H,16-19H2,(H2,32,33,34,38). The number of amides is 1. The summed E-state index contributed by atoms with van der Waals surface area (Å²) in [5.41, 5.74) is 2.23. The summed E-state index contributed by atoms with van der Waals surface area (Å²) < 4.78 is 18.1. The Morgan fingerprint density at radius 1 is 0.737 bits per heavy atom. The summed E-state index contributed by atoms with van der Waals surface area (Å²) in [4.78, 5) is 13.0. The molecule has 4 aromatic carbocycles. The summed E-state index contributed by atoms with van der Waals surface area (Å²) in [6.45, 7) is 1.24. The monoisotopic (exact) mass is 590 g/mol. The van der Waals surface area contributed by atoms with Crippen LogP contribution in [0, 0.1) is 0 Å². The van der Waals surface area contributed by atoms with Crippen molar-refractivity contribution in [3.05, 3.63) is 119 Å². The lowest BCUT2D eigenvalue weighted by Gasteiger charge is -2.14. The van der Waals surface area contributed by atoms with Crippen LogP contribution < -0.4 is 24.8 Å². The molecule has 0 saturated heterocycles. The van der Waals surface area contributed by atoms with E-state index in [0.717, 1.165) is 22.2 Å². The van der Waals surface area contributed by atoms with Crippen LogP contribution in [-0.2, 0) is 6.42 Å². The van der Waals surface area contributed by atoms with Crippen LogP contribution in [-0.4, -0.2) is 30.8 Å². The molecule has 4 aromatic rings. The van der Waals surface area contributed by atoms with Gasteiger partial charge in [0.25, 0.3) is 5.91 Å². The predicted molar refractivity (Wildman–Crippen MR) is 157 cm³/mol. The molecule has 0 unspecified atom stereocenters. The summed E-state index contributed by atoms with van der Waals surface area (Å²) in [6.07, 6.45) is 0.731. The van der Waals surface area contributed by atoms with Crippen molar-refractivity contribution in [1.82, 2.24) is 5.32 Å². The highest BCUT2D eigenvalue weighted by Gasteiger charge is 2.15. The zero-order valence-electron chi connectivity index (χ0n) is 20.6. The van der Waals surface area contributed by atoms with Gasteiger partial charge in [-0.15, -0.1) is 0 Å². The van der Waals surface area contributed by atoms with E-state index in [2.05, 4.69) is 26.6 Å². The second-order valence-electron chi connectivity index (χ2n) is 8.17. The van der Waals surface area contributed by atoms with Crippen LogP contribution in [0.4, 0.5) is 5.69 Å². The molecule has 6 nitrogen and oxygen atoms in total. The second-order valence-corrected chi connectivity index (χ2v) is 9.49. The van der Waals surface area contributed by atoms with Gasteiger partial charge in [-0.05, 0) is 60.2 Å². The number of benzene rings is 4. The van der Waals surface area contributed by atoms with E-state index < -0.39 is 0 Å². The Kier molecular flexibility index (Phi) is 10.1. The maximum absolute atomic E-state index is 13.0. The molecule has 0 aromatic heterocycles. The molecule has 0 aliphatic heterocycles. The molecule has 0 heterocycles. The first kappa shape index (κ1) is 27.2. The molecule has 0 fully saturated rings. The number of carbonyl (C=O) groups excluding carboxylic acids is 1. The highest BCUT2D eigenvalue weighted by molar-refractivity contribution is 9.10. The van der Waals surface area contributed by atoms with E-state index in [9.17, 15) is 4.79 Å². The van der Waals surface area contributed by atoms with Gasteiger partial charge in [0.2, 0.25) is 0 Å². The third kappa shape index (κ3) is 8.61. The van der Waals surface area contributed by atoms with Gasteiger partial charge in [-0.1, -0.05) is 70.5 Å². The zero-order chi connectivity index (χ0) is 26.6. The number of hydrogen-bond donors (Lipinski definition) is 2. The Labute approximate surface area is 236 Å². The first-order chi connectivity index (χ1) is 18.6.